The molecule has 0 aromatic carbocycles. The molecule has 4 heteroatoms. The van der Waals surface area contributed by atoms with Crippen LogP contribution in [0.4, 0.5) is 0 Å². The summed E-state index contributed by atoms with van der Waals surface area (Å²) in [6, 6.07) is 11.7. The maximum absolute atomic E-state index is 5.62. The van der Waals surface area contributed by atoms with Crippen molar-refractivity contribution in [2.24, 2.45) is 0 Å². The van der Waals surface area contributed by atoms with E-state index in [2.05, 4.69) is 15.3 Å². The molecule has 0 spiro atoms. The van der Waals surface area contributed by atoms with E-state index in [0.717, 1.165) is 24.4 Å². The predicted octanol–water partition coefficient (Wildman–Crippen LogP) is 1.82. The van der Waals surface area contributed by atoms with Crippen LogP contribution in [0.15, 0.2) is 42.6 Å². The molecular formula is C14H17N3O. The highest BCUT2D eigenvalue weighted by Crippen LogP contribution is 2.08. The number of pyridine rings is 2. The average Bonchev–Trinajstić information content (AvgIpc) is 2.41. The maximum atomic E-state index is 5.62. The fraction of sp³-hybridized carbons (Fsp3) is 0.286. The van der Waals surface area contributed by atoms with E-state index in [4.69, 9.17) is 4.74 Å². The number of rotatable bonds is 6. The van der Waals surface area contributed by atoms with Crippen molar-refractivity contribution in [2.75, 3.05) is 13.7 Å². The molecule has 1 N–H and O–H groups in total. The summed E-state index contributed by atoms with van der Waals surface area (Å²) in [6.45, 7) is 1.34. The van der Waals surface area contributed by atoms with E-state index in [1.54, 1.807) is 6.20 Å². The van der Waals surface area contributed by atoms with Gasteiger partial charge in [0.1, 0.15) is 0 Å². The highest BCUT2D eigenvalue weighted by molar-refractivity contribution is 5.15. The fourth-order valence-corrected chi connectivity index (χ4v) is 1.62. The second kappa shape index (κ2) is 6.71. The van der Waals surface area contributed by atoms with Gasteiger partial charge in [0.2, 0.25) is 5.88 Å². The van der Waals surface area contributed by atoms with Crippen molar-refractivity contribution in [1.82, 2.24) is 15.3 Å². The summed E-state index contributed by atoms with van der Waals surface area (Å²) in [4.78, 5) is 8.64. The van der Waals surface area contributed by atoms with Crippen molar-refractivity contribution in [3.05, 3.63) is 54.0 Å². The Labute approximate surface area is 107 Å². The lowest BCUT2D eigenvalue weighted by Crippen LogP contribution is -2.08. The van der Waals surface area contributed by atoms with E-state index < -0.39 is 0 Å². The second-order valence-corrected chi connectivity index (χ2v) is 3.92. The van der Waals surface area contributed by atoms with Gasteiger partial charge in [-0.1, -0.05) is 12.1 Å². The van der Waals surface area contributed by atoms with Crippen molar-refractivity contribution in [1.29, 1.82) is 0 Å². The number of aromatic nitrogens is 2. The van der Waals surface area contributed by atoms with Gasteiger partial charge in [-0.05, 0) is 25.2 Å². The monoisotopic (exact) mass is 243 g/mol. The van der Waals surface area contributed by atoms with Gasteiger partial charge in [0.25, 0.3) is 0 Å². The van der Waals surface area contributed by atoms with Gasteiger partial charge in [-0.2, -0.15) is 0 Å². The maximum Gasteiger partial charge on any atom is 0.213 e. The van der Waals surface area contributed by atoms with Crippen LogP contribution < -0.4 is 10.1 Å². The van der Waals surface area contributed by atoms with E-state index in [1.165, 1.54) is 0 Å². The predicted molar refractivity (Wildman–Crippen MR) is 70.4 cm³/mol. The van der Waals surface area contributed by atoms with E-state index in [0.29, 0.717) is 12.5 Å². The lowest BCUT2D eigenvalue weighted by atomic mass is 10.3. The van der Waals surface area contributed by atoms with E-state index in [1.807, 2.05) is 43.4 Å². The van der Waals surface area contributed by atoms with Crippen molar-refractivity contribution in [2.45, 2.75) is 13.0 Å². The summed E-state index contributed by atoms with van der Waals surface area (Å²) in [7, 11) is 1.90. The van der Waals surface area contributed by atoms with Gasteiger partial charge in [0.05, 0.1) is 12.3 Å². The van der Waals surface area contributed by atoms with Gasteiger partial charge < -0.3 is 10.1 Å². The van der Waals surface area contributed by atoms with Crippen molar-refractivity contribution in [3.8, 4) is 5.88 Å². The third-order valence-electron chi connectivity index (χ3n) is 2.47. The summed E-state index contributed by atoms with van der Waals surface area (Å²) in [5.41, 5.74) is 2.01. The van der Waals surface area contributed by atoms with Gasteiger partial charge in [-0.25, -0.2) is 4.98 Å². The van der Waals surface area contributed by atoms with Crippen molar-refractivity contribution in [3.63, 3.8) is 0 Å². The number of ether oxygens (including phenoxy) is 1. The van der Waals surface area contributed by atoms with Crippen LogP contribution in [-0.4, -0.2) is 23.6 Å². The zero-order valence-electron chi connectivity index (χ0n) is 10.5. The highest BCUT2D eigenvalue weighted by atomic mass is 16.5. The van der Waals surface area contributed by atoms with Gasteiger partial charge >= 0.3 is 0 Å². The molecule has 2 aromatic heterocycles. The fourth-order valence-electron chi connectivity index (χ4n) is 1.62. The largest absolute Gasteiger partial charge is 0.477 e. The summed E-state index contributed by atoms with van der Waals surface area (Å²) < 4.78 is 5.62. The SMILES string of the molecule is CNCc1cccc(OCCc2ccccn2)n1. The smallest absolute Gasteiger partial charge is 0.213 e. The molecule has 0 aliphatic carbocycles. The van der Waals surface area contributed by atoms with Crippen LogP contribution in [0.5, 0.6) is 5.88 Å². The molecule has 0 fully saturated rings. The molecule has 0 unspecified atom stereocenters. The molecule has 4 nitrogen and oxygen atoms in total. The molecule has 2 aromatic rings. The summed E-state index contributed by atoms with van der Waals surface area (Å²) in [5, 5.41) is 3.07. The molecule has 0 atom stereocenters. The molecule has 0 bridgehead atoms. The second-order valence-electron chi connectivity index (χ2n) is 3.92. The van der Waals surface area contributed by atoms with E-state index in [9.17, 15) is 0 Å². The Morgan fingerprint density at radius 3 is 2.78 bits per heavy atom. The van der Waals surface area contributed by atoms with Crippen LogP contribution in [0.3, 0.4) is 0 Å². The standard InChI is InChI=1S/C14H17N3O/c1-15-11-13-6-4-7-14(17-13)18-10-8-12-5-2-3-9-16-12/h2-7,9,15H,8,10-11H2,1H3. The minimum absolute atomic E-state index is 0.590. The number of hydrogen-bond acceptors (Lipinski definition) is 4. The zero-order valence-corrected chi connectivity index (χ0v) is 10.5. The Morgan fingerprint density at radius 2 is 2.00 bits per heavy atom. The Morgan fingerprint density at radius 1 is 1.11 bits per heavy atom. The molecule has 0 saturated carbocycles. The number of nitrogens with one attached hydrogen (secondary N) is 1. The lowest BCUT2D eigenvalue weighted by Gasteiger charge is -2.06. The Bertz CT molecular complexity index is 473. The minimum Gasteiger partial charge on any atom is -0.477 e. The Balaban J connectivity index is 1.84. The third-order valence-corrected chi connectivity index (χ3v) is 2.47. The van der Waals surface area contributed by atoms with Crippen LogP contribution >= 0.6 is 0 Å². The normalized spacial score (nSPS) is 10.3. The molecule has 0 amide bonds. The van der Waals surface area contributed by atoms with Gasteiger partial charge in [-0.3, -0.25) is 4.98 Å². The minimum atomic E-state index is 0.590. The molecule has 94 valence electrons. The van der Waals surface area contributed by atoms with E-state index >= 15 is 0 Å². The van der Waals surface area contributed by atoms with Crippen molar-refractivity contribution < 1.29 is 4.74 Å². The molecule has 0 aliphatic rings. The van der Waals surface area contributed by atoms with Crippen LogP contribution in [-0.2, 0) is 13.0 Å². The highest BCUT2D eigenvalue weighted by Gasteiger charge is 1.99. The van der Waals surface area contributed by atoms with Gasteiger partial charge in [-0.15, -0.1) is 0 Å². The summed E-state index contributed by atoms with van der Waals surface area (Å²) in [5.74, 6) is 0.665. The van der Waals surface area contributed by atoms with E-state index in [-0.39, 0.29) is 0 Å². The average molecular weight is 243 g/mol. The molecule has 0 aliphatic heterocycles. The Kier molecular flexibility index (Phi) is 4.67. The van der Waals surface area contributed by atoms with Crippen LogP contribution in [0, 0.1) is 0 Å². The first-order valence-electron chi connectivity index (χ1n) is 6.02. The first-order chi connectivity index (χ1) is 8.88. The topological polar surface area (TPSA) is 47.0 Å². The summed E-state index contributed by atoms with van der Waals surface area (Å²) in [6.07, 6.45) is 2.58. The molecule has 2 heterocycles. The lowest BCUT2D eigenvalue weighted by molar-refractivity contribution is 0.307. The number of hydrogen-bond donors (Lipinski definition) is 1. The molecule has 2 rings (SSSR count). The zero-order chi connectivity index (χ0) is 12.6. The van der Waals surface area contributed by atoms with Gasteiger partial charge in [0.15, 0.2) is 0 Å². The van der Waals surface area contributed by atoms with Crippen LogP contribution in [0.25, 0.3) is 0 Å². The van der Waals surface area contributed by atoms with Crippen molar-refractivity contribution >= 4 is 0 Å². The van der Waals surface area contributed by atoms with Crippen LogP contribution in [0.2, 0.25) is 0 Å². The molecule has 0 radical (unpaired) electrons. The first-order valence-corrected chi connectivity index (χ1v) is 6.02. The van der Waals surface area contributed by atoms with Crippen LogP contribution in [0.1, 0.15) is 11.4 Å². The summed E-state index contributed by atoms with van der Waals surface area (Å²) >= 11 is 0. The molecule has 18 heavy (non-hydrogen) atoms. The molecular weight excluding hydrogens is 226 g/mol. The number of nitrogens with zero attached hydrogens (tertiary/aromatic N) is 2. The van der Waals surface area contributed by atoms with Gasteiger partial charge in [0, 0.05) is 30.9 Å². The molecule has 0 saturated heterocycles. The Hall–Kier alpha value is -1.94. The third kappa shape index (κ3) is 3.82. The quantitative estimate of drug-likeness (QED) is 0.840. The first kappa shape index (κ1) is 12.5.